The van der Waals surface area contributed by atoms with Crippen molar-refractivity contribution in [2.45, 2.75) is 57.3 Å². The van der Waals surface area contributed by atoms with Crippen LogP contribution in [0.25, 0.3) is 28.0 Å². The Labute approximate surface area is 247 Å². The summed E-state index contributed by atoms with van der Waals surface area (Å²) in [6, 6.07) is 7.53. The number of hydrogen-bond donors (Lipinski definition) is 1. The Bertz CT molecular complexity index is 1830. The largest absolute Gasteiger partial charge is 0.493 e. The standard InChI is InChI=1S/C32H32F2N6O3/c1-4-25(41)38-13-11-22-23(38)16-39(22)30-19-15-21(34)28-26-20(33)8-5-9-24(26)43-14-6-7-18-10-12-35-27(17(2)3)29(18)40(31(19)36-28)32(42)37-30/h4-5,8-10,12,15,17,22-23,25,41H,1,6-7,11,13-14,16H2,2-3H3/t22-,23-,25?/m0/s1. The third kappa shape index (κ3) is 4.32. The summed E-state index contributed by atoms with van der Waals surface area (Å²) in [5, 5.41) is 10.7. The van der Waals surface area contributed by atoms with Crippen molar-refractivity contribution in [2.24, 2.45) is 0 Å². The van der Waals surface area contributed by atoms with E-state index in [1.165, 1.54) is 28.8 Å². The SMILES string of the molecule is C=CC(O)N1CC[C@H]2[C@@H]1CN2c1nc(=O)n2c3nc(c(F)cc13)-c1c(F)cccc1OCCCc1ccnc(C(C)C)c1-2. The molecule has 6 heterocycles. The van der Waals surface area contributed by atoms with Crippen molar-refractivity contribution >= 4 is 16.9 Å². The molecule has 222 valence electrons. The lowest BCUT2D eigenvalue weighted by Gasteiger charge is -2.48. The number of aryl methyl sites for hydroxylation is 1. The number of fused-ring (bicyclic) bond motifs is 6. The second-order valence-electron chi connectivity index (χ2n) is 11.6. The van der Waals surface area contributed by atoms with Crippen LogP contribution in [0.3, 0.4) is 0 Å². The molecule has 3 aliphatic rings. The van der Waals surface area contributed by atoms with Crippen LogP contribution >= 0.6 is 0 Å². The number of likely N-dealkylation sites (tertiary alicyclic amines) is 1. The van der Waals surface area contributed by atoms with Gasteiger partial charge < -0.3 is 14.7 Å². The van der Waals surface area contributed by atoms with Gasteiger partial charge in [-0.2, -0.15) is 4.98 Å². The smallest absolute Gasteiger partial charge is 0.355 e. The van der Waals surface area contributed by atoms with Gasteiger partial charge in [0.1, 0.15) is 29.3 Å². The lowest BCUT2D eigenvalue weighted by atomic mass is 9.96. The quantitative estimate of drug-likeness (QED) is 0.353. The van der Waals surface area contributed by atoms with Crippen LogP contribution in [0.15, 0.2) is 54.0 Å². The second-order valence-corrected chi connectivity index (χ2v) is 11.6. The molecule has 1 aromatic carbocycles. The minimum atomic E-state index is -0.772. The topological polar surface area (TPSA) is 96.6 Å². The highest BCUT2D eigenvalue weighted by molar-refractivity contribution is 5.91. The van der Waals surface area contributed by atoms with E-state index in [-0.39, 0.29) is 47.3 Å². The van der Waals surface area contributed by atoms with Crippen molar-refractivity contribution in [2.75, 3.05) is 24.6 Å². The predicted molar refractivity (Wildman–Crippen MR) is 159 cm³/mol. The van der Waals surface area contributed by atoms with E-state index in [2.05, 4.69) is 16.5 Å². The van der Waals surface area contributed by atoms with Gasteiger partial charge in [-0.1, -0.05) is 26.5 Å². The van der Waals surface area contributed by atoms with Gasteiger partial charge in [-0.05, 0) is 61.1 Å². The highest BCUT2D eigenvalue weighted by atomic mass is 19.1. The molecule has 11 heteroatoms. The van der Waals surface area contributed by atoms with E-state index in [1.54, 1.807) is 12.3 Å². The van der Waals surface area contributed by atoms with Gasteiger partial charge in [0, 0.05) is 25.3 Å². The molecule has 3 aromatic heterocycles. The number of pyridine rings is 2. The first-order valence-electron chi connectivity index (χ1n) is 14.6. The van der Waals surface area contributed by atoms with Crippen molar-refractivity contribution in [3.63, 3.8) is 0 Å². The molecule has 43 heavy (non-hydrogen) atoms. The monoisotopic (exact) mass is 586 g/mol. The van der Waals surface area contributed by atoms with Gasteiger partial charge in [0.05, 0.1) is 35.0 Å². The van der Waals surface area contributed by atoms with Crippen LogP contribution in [0.1, 0.15) is 43.9 Å². The van der Waals surface area contributed by atoms with Gasteiger partial charge in [-0.25, -0.2) is 23.1 Å². The molecule has 9 nitrogen and oxygen atoms in total. The zero-order chi connectivity index (χ0) is 30.0. The van der Waals surface area contributed by atoms with E-state index >= 15 is 8.78 Å². The molecule has 1 N–H and O–H groups in total. The minimum absolute atomic E-state index is 0.0272. The normalized spacial score (nSPS) is 20.5. The van der Waals surface area contributed by atoms with E-state index in [0.717, 1.165) is 12.0 Å². The zero-order valence-corrected chi connectivity index (χ0v) is 24.0. The Balaban J connectivity index is 1.52. The number of nitrogens with zero attached hydrogens (tertiary/aromatic N) is 6. The molecule has 0 radical (unpaired) electrons. The number of aromatic nitrogens is 4. The van der Waals surface area contributed by atoms with Crippen LogP contribution < -0.4 is 15.3 Å². The summed E-state index contributed by atoms with van der Waals surface area (Å²) >= 11 is 0. The third-order valence-corrected chi connectivity index (χ3v) is 8.83. The Hall–Kier alpha value is -4.22. The number of hydrogen-bond acceptors (Lipinski definition) is 8. The number of ether oxygens (including phenoxy) is 1. The lowest BCUT2D eigenvalue weighted by Crippen LogP contribution is -2.63. The maximum Gasteiger partial charge on any atom is 0.355 e. The molecule has 2 bridgehead atoms. The lowest BCUT2D eigenvalue weighted by molar-refractivity contribution is 0.0204. The van der Waals surface area contributed by atoms with Crippen molar-refractivity contribution in [1.29, 1.82) is 0 Å². The minimum Gasteiger partial charge on any atom is -0.493 e. The summed E-state index contributed by atoms with van der Waals surface area (Å²) < 4.78 is 38.9. The van der Waals surface area contributed by atoms with Crippen molar-refractivity contribution in [1.82, 2.24) is 24.4 Å². The van der Waals surface area contributed by atoms with Gasteiger partial charge in [0.2, 0.25) is 0 Å². The molecule has 0 spiro atoms. The van der Waals surface area contributed by atoms with Crippen molar-refractivity contribution in [3.8, 4) is 22.7 Å². The molecule has 0 amide bonds. The number of anilines is 1. The summed E-state index contributed by atoms with van der Waals surface area (Å²) in [6.07, 6.45) is 4.31. The first-order valence-corrected chi connectivity index (χ1v) is 14.6. The average Bonchev–Trinajstić information content (AvgIpc) is 3.30. The number of rotatable bonds is 4. The maximum atomic E-state index is 16.1. The fraction of sp³-hybridized carbons (Fsp3) is 0.375. The number of aliphatic hydroxyl groups excluding tert-OH is 1. The van der Waals surface area contributed by atoms with Crippen LogP contribution in [0, 0.1) is 11.6 Å². The first-order chi connectivity index (χ1) is 20.8. The molecular weight excluding hydrogens is 554 g/mol. The maximum absolute atomic E-state index is 16.1. The van der Waals surface area contributed by atoms with Gasteiger partial charge >= 0.3 is 5.69 Å². The van der Waals surface area contributed by atoms with Crippen LogP contribution in [0.2, 0.25) is 0 Å². The van der Waals surface area contributed by atoms with Gasteiger partial charge in [0.15, 0.2) is 11.5 Å². The van der Waals surface area contributed by atoms with Crippen LogP contribution in [-0.2, 0) is 6.42 Å². The molecule has 7 rings (SSSR count). The third-order valence-electron chi connectivity index (χ3n) is 8.83. The Morgan fingerprint density at radius 2 is 2.00 bits per heavy atom. The van der Waals surface area contributed by atoms with Gasteiger partial charge in [0.25, 0.3) is 0 Å². The van der Waals surface area contributed by atoms with Gasteiger partial charge in [-0.3, -0.25) is 9.88 Å². The average molecular weight is 587 g/mol. The summed E-state index contributed by atoms with van der Waals surface area (Å²) in [6.45, 7) is 9.08. The van der Waals surface area contributed by atoms with E-state index < -0.39 is 23.6 Å². The fourth-order valence-electron chi connectivity index (χ4n) is 6.75. The molecule has 4 aromatic rings. The summed E-state index contributed by atoms with van der Waals surface area (Å²) in [5.74, 6) is -0.972. The van der Waals surface area contributed by atoms with Gasteiger partial charge in [-0.15, -0.1) is 0 Å². The van der Waals surface area contributed by atoms with E-state index in [1.807, 2.05) is 29.7 Å². The van der Waals surface area contributed by atoms with Crippen LogP contribution in [0.5, 0.6) is 5.75 Å². The molecule has 3 atom stereocenters. The van der Waals surface area contributed by atoms with E-state index in [9.17, 15) is 9.90 Å². The molecule has 3 aliphatic heterocycles. The van der Waals surface area contributed by atoms with Crippen LogP contribution in [0.4, 0.5) is 14.6 Å². The zero-order valence-electron chi connectivity index (χ0n) is 24.0. The molecule has 2 saturated heterocycles. The second kappa shape index (κ2) is 10.5. The summed E-state index contributed by atoms with van der Waals surface area (Å²) in [7, 11) is 0. The Kier molecular flexibility index (Phi) is 6.74. The Morgan fingerprint density at radius 3 is 2.79 bits per heavy atom. The molecule has 0 aliphatic carbocycles. The Morgan fingerprint density at radius 1 is 1.16 bits per heavy atom. The molecular formula is C32H32F2N6O3. The summed E-state index contributed by atoms with van der Waals surface area (Å²) in [4.78, 5) is 31.9. The number of benzene rings is 1. The van der Waals surface area contributed by atoms with Crippen LogP contribution in [-0.4, -0.2) is 67.5 Å². The fourth-order valence-corrected chi connectivity index (χ4v) is 6.75. The number of halogens is 2. The first kappa shape index (κ1) is 27.6. The summed E-state index contributed by atoms with van der Waals surface area (Å²) in [5.41, 5.74) is 1.36. The highest BCUT2D eigenvalue weighted by Crippen LogP contribution is 2.41. The molecule has 2 fully saturated rings. The predicted octanol–water partition coefficient (Wildman–Crippen LogP) is 4.34. The van der Waals surface area contributed by atoms with E-state index in [0.29, 0.717) is 48.5 Å². The molecule has 1 unspecified atom stereocenters. The molecule has 0 saturated carbocycles. The van der Waals surface area contributed by atoms with Crippen molar-refractivity contribution in [3.05, 3.63) is 82.6 Å². The van der Waals surface area contributed by atoms with E-state index in [4.69, 9.17) is 9.72 Å². The van der Waals surface area contributed by atoms with Crippen molar-refractivity contribution < 1.29 is 18.6 Å². The number of aliphatic hydroxyl groups is 1. The highest BCUT2D eigenvalue weighted by Gasteiger charge is 2.49.